The Morgan fingerprint density at radius 2 is 2.06 bits per heavy atom. The molecule has 1 nitrogen and oxygen atoms in total. The monoisotopic (exact) mass is 327 g/mol. The highest BCUT2D eigenvalue weighted by Crippen LogP contribution is 2.33. The van der Waals surface area contributed by atoms with E-state index in [4.69, 9.17) is 0 Å². The summed E-state index contributed by atoms with van der Waals surface area (Å²) in [7, 11) is 0. The second kappa shape index (κ2) is 5.94. The summed E-state index contributed by atoms with van der Waals surface area (Å²) in [4.78, 5) is 2.62. The second-order valence-electron chi connectivity index (χ2n) is 3.70. The second-order valence-corrected chi connectivity index (χ2v) is 6.35. The number of thiophene rings is 1. The molecule has 1 N–H and O–H groups in total. The van der Waals surface area contributed by atoms with Crippen molar-refractivity contribution < 1.29 is 0 Å². The highest BCUT2D eigenvalue weighted by molar-refractivity contribution is 9.10. The van der Waals surface area contributed by atoms with Gasteiger partial charge in [-0.25, -0.2) is 0 Å². The highest BCUT2D eigenvalue weighted by Gasteiger charge is 2.11. The number of anilines is 1. The predicted molar refractivity (Wildman–Crippen MR) is 82.3 cm³/mol. The molecule has 0 saturated carbocycles. The van der Waals surface area contributed by atoms with Gasteiger partial charge in [0.15, 0.2) is 0 Å². The third kappa shape index (κ3) is 3.06. The summed E-state index contributed by atoms with van der Waals surface area (Å²) in [6.07, 6.45) is 2.10. The van der Waals surface area contributed by atoms with Gasteiger partial charge in [-0.3, -0.25) is 0 Å². The molecule has 0 bridgehead atoms. The summed E-state index contributed by atoms with van der Waals surface area (Å²) < 4.78 is 1.18. The van der Waals surface area contributed by atoms with Crippen LogP contribution in [-0.4, -0.2) is 6.26 Å². The molecule has 1 heterocycles. The maximum atomic E-state index is 3.58. The van der Waals surface area contributed by atoms with Crippen LogP contribution in [0.4, 0.5) is 5.69 Å². The van der Waals surface area contributed by atoms with Gasteiger partial charge in [0.1, 0.15) is 0 Å². The number of thioether (sulfide) groups is 1. The topological polar surface area (TPSA) is 12.0 Å². The number of halogens is 1. The van der Waals surface area contributed by atoms with Crippen LogP contribution in [0.15, 0.2) is 45.1 Å². The minimum atomic E-state index is 0.317. The summed E-state index contributed by atoms with van der Waals surface area (Å²) in [5.41, 5.74) is 1.20. The number of rotatable bonds is 4. The summed E-state index contributed by atoms with van der Waals surface area (Å²) in [6.45, 7) is 2.19. The van der Waals surface area contributed by atoms with Crippen molar-refractivity contribution >= 4 is 44.7 Å². The van der Waals surface area contributed by atoms with Crippen molar-refractivity contribution in [3.05, 3.63) is 45.1 Å². The van der Waals surface area contributed by atoms with Gasteiger partial charge in [-0.2, -0.15) is 0 Å². The fourth-order valence-corrected chi connectivity index (χ4v) is 3.96. The average molecular weight is 328 g/mol. The zero-order valence-corrected chi connectivity index (χ0v) is 13.0. The molecule has 1 aromatic heterocycles. The van der Waals surface area contributed by atoms with Gasteiger partial charge in [-0.05, 0) is 52.7 Å². The maximum absolute atomic E-state index is 3.58. The Morgan fingerprint density at radius 3 is 2.71 bits per heavy atom. The van der Waals surface area contributed by atoms with Gasteiger partial charge < -0.3 is 5.32 Å². The molecular weight excluding hydrogens is 314 g/mol. The summed E-state index contributed by atoms with van der Waals surface area (Å²) >= 11 is 7.12. The zero-order valence-electron chi connectivity index (χ0n) is 9.74. The Kier molecular flexibility index (Phi) is 4.54. The van der Waals surface area contributed by atoms with Crippen LogP contribution in [0.25, 0.3) is 0 Å². The van der Waals surface area contributed by atoms with E-state index in [9.17, 15) is 0 Å². The van der Waals surface area contributed by atoms with Crippen molar-refractivity contribution in [3.8, 4) is 0 Å². The molecule has 0 spiro atoms. The quantitative estimate of drug-likeness (QED) is 0.754. The molecule has 0 aliphatic rings. The van der Waals surface area contributed by atoms with E-state index >= 15 is 0 Å². The molecule has 0 aliphatic heterocycles. The van der Waals surface area contributed by atoms with Crippen molar-refractivity contribution in [3.63, 3.8) is 0 Å². The van der Waals surface area contributed by atoms with Crippen molar-refractivity contribution in [1.82, 2.24) is 0 Å². The minimum absolute atomic E-state index is 0.317. The largest absolute Gasteiger partial charge is 0.377 e. The third-order valence-corrected chi connectivity index (χ3v) is 5.37. The lowest BCUT2D eigenvalue weighted by Crippen LogP contribution is -2.06. The summed E-state index contributed by atoms with van der Waals surface area (Å²) in [6, 6.07) is 10.8. The van der Waals surface area contributed by atoms with Gasteiger partial charge in [0, 0.05) is 19.9 Å². The average Bonchev–Trinajstić information content (AvgIpc) is 2.76. The van der Waals surface area contributed by atoms with Crippen LogP contribution in [0.5, 0.6) is 0 Å². The Hall–Kier alpha value is -0.450. The summed E-state index contributed by atoms with van der Waals surface area (Å²) in [5.74, 6) is 0. The first-order chi connectivity index (χ1) is 8.22. The van der Waals surface area contributed by atoms with E-state index in [-0.39, 0.29) is 0 Å². The lowest BCUT2D eigenvalue weighted by molar-refractivity contribution is 0.897. The molecule has 90 valence electrons. The molecule has 17 heavy (non-hydrogen) atoms. The maximum Gasteiger partial charge on any atom is 0.0590 e. The normalized spacial score (nSPS) is 12.4. The Balaban J connectivity index is 2.18. The number of hydrogen-bond donors (Lipinski definition) is 1. The lowest BCUT2D eigenvalue weighted by Gasteiger charge is -2.16. The Labute approximate surface area is 119 Å². The SMILES string of the molecule is CSc1ccccc1NC(C)c1sccc1Br. The van der Waals surface area contributed by atoms with Gasteiger partial charge >= 0.3 is 0 Å². The van der Waals surface area contributed by atoms with Crippen LogP contribution in [0.1, 0.15) is 17.8 Å². The molecule has 0 aliphatic carbocycles. The van der Waals surface area contributed by atoms with Crippen LogP contribution in [0, 0.1) is 0 Å². The van der Waals surface area contributed by atoms with Gasteiger partial charge in [-0.15, -0.1) is 23.1 Å². The van der Waals surface area contributed by atoms with E-state index in [2.05, 4.69) is 70.1 Å². The van der Waals surface area contributed by atoms with Crippen molar-refractivity contribution in [2.45, 2.75) is 17.9 Å². The molecule has 4 heteroatoms. The van der Waals surface area contributed by atoms with E-state index < -0.39 is 0 Å². The molecule has 1 unspecified atom stereocenters. The smallest absolute Gasteiger partial charge is 0.0590 e. The Morgan fingerprint density at radius 1 is 1.29 bits per heavy atom. The molecule has 0 saturated heterocycles. The van der Waals surface area contributed by atoms with Crippen molar-refractivity contribution in [1.29, 1.82) is 0 Å². The molecular formula is C13H14BrNS2. The molecule has 0 amide bonds. The van der Waals surface area contributed by atoms with Gasteiger partial charge in [-0.1, -0.05) is 12.1 Å². The van der Waals surface area contributed by atoms with E-state index in [0.717, 1.165) is 0 Å². The fourth-order valence-electron chi connectivity index (χ4n) is 1.68. The molecule has 1 aromatic carbocycles. The predicted octanol–water partition coefficient (Wildman–Crippen LogP) is 5.41. The fraction of sp³-hybridized carbons (Fsp3) is 0.231. The van der Waals surface area contributed by atoms with Gasteiger partial charge in [0.25, 0.3) is 0 Å². The van der Waals surface area contributed by atoms with Crippen LogP contribution >= 0.6 is 39.0 Å². The molecule has 1 atom stereocenters. The number of para-hydroxylation sites is 1. The van der Waals surface area contributed by atoms with Crippen LogP contribution in [0.2, 0.25) is 0 Å². The van der Waals surface area contributed by atoms with E-state index in [0.29, 0.717) is 6.04 Å². The molecule has 0 radical (unpaired) electrons. The number of hydrogen-bond acceptors (Lipinski definition) is 3. The number of nitrogens with one attached hydrogen (secondary N) is 1. The van der Waals surface area contributed by atoms with Crippen LogP contribution in [-0.2, 0) is 0 Å². The standard InChI is InChI=1S/C13H14BrNS2/c1-9(13-10(14)7-8-17-13)15-11-5-3-4-6-12(11)16-2/h3-9,15H,1-2H3. The number of benzene rings is 1. The van der Waals surface area contributed by atoms with Gasteiger partial charge in [0.2, 0.25) is 0 Å². The van der Waals surface area contributed by atoms with E-state index in [1.165, 1.54) is 19.9 Å². The first-order valence-electron chi connectivity index (χ1n) is 5.35. The summed E-state index contributed by atoms with van der Waals surface area (Å²) in [5, 5.41) is 5.67. The van der Waals surface area contributed by atoms with Crippen LogP contribution in [0.3, 0.4) is 0 Å². The highest BCUT2D eigenvalue weighted by atomic mass is 79.9. The third-order valence-electron chi connectivity index (χ3n) is 2.52. The minimum Gasteiger partial charge on any atom is -0.377 e. The zero-order chi connectivity index (χ0) is 12.3. The van der Waals surface area contributed by atoms with Crippen molar-refractivity contribution in [2.75, 3.05) is 11.6 Å². The Bertz CT molecular complexity index is 496. The van der Waals surface area contributed by atoms with Crippen LogP contribution < -0.4 is 5.32 Å². The van der Waals surface area contributed by atoms with E-state index in [1.54, 1.807) is 23.1 Å². The molecule has 2 rings (SSSR count). The van der Waals surface area contributed by atoms with Crippen molar-refractivity contribution in [2.24, 2.45) is 0 Å². The molecule has 0 fully saturated rings. The lowest BCUT2D eigenvalue weighted by atomic mass is 10.2. The first kappa shape index (κ1) is 13.0. The molecule has 2 aromatic rings. The van der Waals surface area contributed by atoms with Gasteiger partial charge in [0.05, 0.1) is 6.04 Å². The first-order valence-corrected chi connectivity index (χ1v) is 8.24. The van der Waals surface area contributed by atoms with E-state index in [1.807, 2.05) is 0 Å².